The fourth-order valence-electron chi connectivity index (χ4n) is 4.52. The predicted molar refractivity (Wildman–Crippen MR) is 180 cm³/mol. The van der Waals surface area contributed by atoms with Crippen LogP contribution in [0.25, 0.3) is 6.08 Å². The Morgan fingerprint density at radius 3 is 2.36 bits per heavy atom. The molecule has 4 aromatic rings. The van der Waals surface area contributed by atoms with Crippen molar-refractivity contribution in [1.29, 1.82) is 0 Å². The molecule has 44 heavy (non-hydrogen) atoms. The van der Waals surface area contributed by atoms with Crippen LogP contribution in [0, 0.1) is 7.14 Å². The van der Waals surface area contributed by atoms with E-state index in [2.05, 4.69) is 50.2 Å². The van der Waals surface area contributed by atoms with Crippen LogP contribution in [-0.4, -0.2) is 23.3 Å². The van der Waals surface area contributed by atoms with Crippen molar-refractivity contribution in [3.63, 3.8) is 0 Å². The zero-order chi connectivity index (χ0) is 31.8. The molecule has 14 heteroatoms. The summed E-state index contributed by atoms with van der Waals surface area (Å²) in [5, 5.41) is 0.920. The first kappa shape index (κ1) is 33.0. The number of esters is 1. The van der Waals surface area contributed by atoms with Crippen LogP contribution >= 0.6 is 79.7 Å². The second-order valence-corrected chi connectivity index (χ2v) is 13.5. The van der Waals surface area contributed by atoms with Crippen molar-refractivity contribution in [3.8, 4) is 5.75 Å². The van der Waals surface area contributed by atoms with Crippen molar-refractivity contribution in [2.24, 2.45) is 4.99 Å². The highest BCUT2D eigenvalue weighted by molar-refractivity contribution is 14.1. The molecule has 0 unspecified atom stereocenters. The van der Waals surface area contributed by atoms with Crippen LogP contribution in [0.1, 0.15) is 29.7 Å². The number of benzene rings is 3. The van der Waals surface area contributed by atoms with Gasteiger partial charge in [-0.15, -0.1) is 0 Å². The van der Waals surface area contributed by atoms with Gasteiger partial charge in [-0.3, -0.25) is 9.36 Å². The van der Waals surface area contributed by atoms with Crippen molar-refractivity contribution in [2.45, 2.75) is 25.7 Å². The molecule has 0 N–H and O–H groups in total. The van der Waals surface area contributed by atoms with Crippen molar-refractivity contribution in [2.75, 3.05) is 6.61 Å². The average molecular weight is 885 g/mol. The van der Waals surface area contributed by atoms with Gasteiger partial charge >= 0.3 is 12.1 Å². The molecule has 0 radical (unpaired) electrons. The summed E-state index contributed by atoms with van der Waals surface area (Å²) in [5.41, 5.74) is -1.11. The van der Waals surface area contributed by atoms with E-state index in [-0.39, 0.29) is 28.1 Å². The number of aromatic nitrogens is 1. The fraction of sp³-hybridized carbons (Fsp3) is 0.167. The Kier molecular flexibility index (Phi) is 10.1. The van der Waals surface area contributed by atoms with Gasteiger partial charge < -0.3 is 9.47 Å². The molecular formula is C30H19Cl2F3I2N2O4S. The molecule has 2 heterocycles. The maximum Gasteiger partial charge on any atom is 0.434 e. The average Bonchev–Trinajstić information content (AvgIpc) is 3.27. The molecule has 1 aliphatic rings. The molecule has 0 saturated heterocycles. The number of fused-ring (bicyclic) bond motifs is 1. The number of rotatable bonds is 7. The van der Waals surface area contributed by atoms with Crippen molar-refractivity contribution < 1.29 is 27.4 Å². The van der Waals surface area contributed by atoms with E-state index in [1.165, 1.54) is 31.2 Å². The second-order valence-electron chi connectivity index (χ2n) is 9.31. The summed E-state index contributed by atoms with van der Waals surface area (Å²) in [6.45, 7) is 1.56. The normalized spacial score (nSPS) is 15.2. The van der Waals surface area contributed by atoms with Gasteiger partial charge in [0.15, 0.2) is 10.5 Å². The smallest absolute Gasteiger partial charge is 0.434 e. The fourth-order valence-corrected chi connectivity index (χ4v) is 7.96. The Morgan fingerprint density at radius 2 is 1.75 bits per heavy atom. The molecule has 5 rings (SSSR count). The summed E-state index contributed by atoms with van der Waals surface area (Å²) in [6, 6.07) is 15.4. The van der Waals surface area contributed by atoms with E-state index in [0.29, 0.717) is 21.4 Å². The van der Waals surface area contributed by atoms with Crippen molar-refractivity contribution in [3.05, 3.63) is 125 Å². The van der Waals surface area contributed by atoms with E-state index in [1.54, 1.807) is 24.3 Å². The van der Waals surface area contributed by atoms with Crippen LogP contribution in [-0.2, 0) is 16.1 Å². The Morgan fingerprint density at radius 1 is 1.09 bits per heavy atom. The molecule has 0 spiro atoms. The Balaban J connectivity index is 1.63. The van der Waals surface area contributed by atoms with Crippen LogP contribution in [0.2, 0.25) is 10.0 Å². The Hall–Kier alpha value is -2.40. The van der Waals surface area contributed by atoms with E-state index >= 15 is 0 Å². The van der Waals surface area contributed by atoms with Crippen LogP contribution in [0.3, 0.4) is 0 Å². The zero-order valence-corrected chi connectivity index (χ0v) is 29.1. The summed E-state index contributed by atoms with van der Waals surface area (Å²) in [6.07, 6.45) is -3.42. The van der Waals surface area contributed by atoms with E-state index in [1.807, 2.05) is 18.2 Å². The molecule has 0 saturated carbocycles. The lowest BCUT2D eigenvalue weighted by Gasteiger charge is -2.26. The van der Waals surface area contributed by atoms with Gasteiger partial charge in [-0.25, -0.2) is 9.79 Å². The maximum atomic E-state index is 14.3. The molecule has 0 bridgehead atoms. The van der Waals surface area contributed by atoms with Gasteiger partial charge in [-0.1, -0.05) is 64.9 Å². The first-order valence-corrected chi connectivity index (χ1v) is 16.5. The third kappa shape index (κ3) is 6.88. The van der Waals surface area contributed by atoms with E-state index < -0.39 is 35.0 Å². The molecular weight excluding hydrogens is 866 g/mol. The second kappa shape index (κ2) is 13.5. The number of thiazole rings is 1. The number of nitrogens with zero attached hydrogens (tertiary/aromatic N) is 2. The lowest BCUT2D eigenvalue weighted by Crippen LogP contribution is -2.41. The molecule has 6 nitrogen and oxygen atoms in total. The minimum absolute atomic E-state index is 0.130. The van der Waals surface area contributed by atoms with Gasteiger partial charge in [0.1, 0.15) is 12.4 Å². The number of halogens is 7. The SMILES string of the molecule is CCOC(=O)C1=C(C(F)(F)F)N=c2s/c(=C\c3cc(I)c(OCc4ccccc4Cl)c(I)c3)c(=O)n2[C@H]1c1ccc(Cl)cc1. The van der Waals surface area contributed by atoms with Gasteiger partial charge in [-0.05, 0) is 99.6 Å². The predicted octanol–water partition coefficient (Wildman–Crippen LogP) is 7.44. The number of alkyl halides is 3. The summed E-state index contributed by atoms with van der Waals surface area (Å²) in [7, 11) is 0. The van der Waals surface area contributed by atoms with Crippen molar-refractivity contribution >= 4 is 91.8 Å². The molecule has 0 fully saturated rings. The quantitative estimate of drug-likeness (QED) is 0.143. The third-order valence-electron chi connectivity index (χ3n) is 6.43. The first-order chi connectivity index (χ1) is 20.9. The maximum absolute atomic E-state index is 14.3. The molecule has 1 aromatic heterocycles. The number of hydrogen-bond acceptors (Lipinski definition) is 6. The minimum atomic E-state index is -4.99. The monoisotopic (exact) mass is 884 g/mol. The highest BCUT2D eigenvalue weighted by atomic mass is 127. The van der Waals surface area contributed by atoms with E-state index in [9.17, 15) is 22.8 Å². The van der Waals surface area contributed by atoms with E-state index in [4.69, 9.17) is 32.7 Å². The van der Waals surface area contributed by atoms with Crippen molar-refractivity contribution in [1.82, 2.24) is 4.57 Å². The van der Waals surface area contributed by atoms with Gasteiger partial charge in [0.2, 0.25) is 0 Å². The summed E-state index contributed by atoms with van der Waals surface area (Å²) in [5.74, 6) is -0.587. The summed E-state index contributed by atoms with van der Waals surface area (Å²) in [4.78, 5) is 30.4. The third-order valence-corrected chi connectivity index (χ3v) is 9.64. The van der Waals surface area contributed by atoms with Crippen LogP contribution in [0.15, 0.2) is 81.7 Å². The van der Waals surface area contributed by atoms with Gasteiger partial charge in [0.05, 0.1) is 29.9 Å². The van der Waals surface area contributed by atoms with Crippen LogP contribution < -0.4 is 19.6 Å². The summed E-state index contributed by atoms with van der Waals surface area (Å²) < 4.78 is 56.7. The topological polar surface area (TPSA) is 69.9 Å². The zero-order valence-electron chi connectivity index (χ0n) is 22.4. The number of carbonyl (C=O) groups is 1. The van der Waals surface area contributed by atoms with E-state index in [0.717, 1.165) is 28.6 Å². The lowest BCUT2D eigenvalue weighted by atomic mass is 9.95. The van der Waals surface area contributed by atoms with Gasteiger partial charge in [0, 0.05) is 15.6 Å². The molecule has 1 atom stereocenters. The Bertz CT molecular complexity index is 1950. The minimum Gasteiger partial charge on any atom is -0.487 e. The highest BCUT2D eigenvalue weighted by Crippen LogP contribution is 2.38. The number of ether oxygens (including phenoxy) is 2. The number of allylic oxidation sites excluding steroid dienone is 1. The molecule has 0 amide bonds. The van der Waals surface area contributed by atoms with Crippen LogP contribution in [0.4, 0.5) is 13.2 Å². The molecule has 3 aromatic carbocycles. The molecule has 0 aliphatic carbocycles. The lowest BCUT2D eigenvalue weighted by molar-refractivity contribution is -0.140. The molecule has 1 aliphatic heterocycles. The number of hydrogen-bond donors (Lipinski definition) is 0. The highest BCUT2D eigenvalue weighted by Gasteiger charge is 2.45. The summed E-state index contributed by atoms with van der Waals surface area (Å²) >= 11 is 17.3. The first-order valence-electron chi connectivity index (χ1n) is 12.8. The van der Waals surface area contributed by atoms with Gasteiger partial charge in [0.25, 0.3) is 5.56 Å². The number of carbonyl (C=O) groups excluding carboxylic acids is 1. The largest absolute Gasteiger partial charge is 0.487 e. The molecule has 228 valence electrons. The van der Waals surface area contributed by atoms with Crippen LogP contribution in [0.5, 0.6) is 5.75 Å². The standard InChI is InChI=1S/C30H19Cl2F3I2N2O4S/c1-2-42-28(41)23-24(16-7-9-18(31)10-8-16)39-27(40)22(44-29(39)38-26(23)30(33,34)35)13-15-11-20(36)25(21(37)12-15)43-14-17-5-3-4-6-19(17)32/h3-13,24H,2,14H2,1H3/b22-13-/t24-/m0/s1. The Labute approximate surface area is 290 Å². The van der Waals surface area contributed by atoms with Gasteiger partial charge in [-0.2, -0.15) is 13.2 Å².